The predicted molar refractivity (Wildman–Crippen MR) is 194 cm³/mol. The summed E-state index contributed by atoms with van der Waals surface area (Å²) in [5, 5.41) is 5.56. The first-order valence-corrected chi connectivity index (χ1v) is 18.1. The van der Waals surface area contributed by atoms with E-state index in [-0.39, 0.29) is 39.7 Å². The third-order valence-corrected chi connectivity index (χ3v) is 8.02. The minimum Gasteiger partial charge on any atom is -0.164 e. The van der Waals surface area contributed by atoms with Gasteiger partial charge >= 0.3 is 30.2 Å². The topological polar surface area (TPSA) is 0 Å². The second-order valence-corrected chi connectivity index (χ2v) is 10.6. The molecule has 1 aliphatic rings. The molecular weight excluding hydrogens is 659 g/mol. The Labute approximate surface area is 289 Å². The van der Waals surface area contributed by atoms with Crippen molar-refractivity contribution in [2.24, 2.45) is 0 Å². The molecule has 6 aromatic carbocycles. The number of hydrogen-bond acceptors (Lipinski definition) is 0. The van der Waals surface area contributed by atoms with Crippen molar-refractivity contribution in [3.05, 3.63) is 147 Å². The van der Waals surface area contributed by atoms with Crippen LogP contribution in [0.15, 0.2) is 115 Å². The summed E-state index contributed by atoms with van der Waals surface area (Å²) in [5.41, 5.74) is 9.57. The molecule has 0 saturated heterocycles. The predicted octanol–water partition coefficient (Wildman–Crippen LogP) is 12.1. The monoisotopic (exact) mass is 698 g/mol. The molecule has 0 heterocycles. The van der Waals surface area contributed by atoms with Crippen LogP contribution in [0.2, 0.25) is 0 Å². The number of fused-ring (bicyclic) bond motifs is 2. The maximum absolute atomic E-state index is 3.06. The normalized spacial score (nSPS) is 11.8. The van der Waals surface area contributed by atoms with E-state index in [1.54, 1.807) is 5.56 Å². The molecular formula is C39H42Cl2SiZr-4. The van der Waals surface area contributed by atoms with Crippen molar-refractivity contribution in [2.45, 2.75) is 45.4 Å². The summed E-state index contributed by atoms with van der Waals surface area (Å²) in [6.45, 7) is 7.40. The van der Waals surface area contributed by atoms with E-state index in [4.69, 9.17) is 0 Å². The molecule has 0 amide bonds. The van der Waals surface area contributed by atoms with Gasteiger partial charge in [-0.2, -0.15) is 12.1 Å². The molecule has 1 fully saturated rings. The van der Waals surface area contributed by atoms with E-state index in [1.165, 1.54) is 104 Å². The van der Waals surface area contributed by atoms with Gasteiger partial charge < -0.3 is 14.9 Å². The van der Waals surface area contributed by atoms with E-state index >= 15 is 0 Å². The van der Waals surface area contributed by atoms with Gasteiger partial charge in [0, 0.05) is 0 Å². The zero-order valence-corrected chi connectivity index (χ0v) is 30.8. The van der Waals surface area contributed by atoms with Gasteiger partial charge in [-0.1, -0.05) is 111 Å². The van der Waals surface area contributed by atoms with Crippen LogP contribution >= 0.6 is 24.8 Å². The Balaban J connectivity index is 0.000000377. The Morgan fingerprint density at radius 3 is 1.77 bits per heavy atom. The van der Waals surface area contributed by atoms with Crippen LogP contribution in [-0.2, 0) is 23.3 Å². The van der Waals surface area contributed by atoms with E-state index in [0.717, 1.165) is 5.92 Å². The van der Waals surface area contributed by atoms with Crippen molar-refractivity contribution in [2.75, 3.05) is 0 Å². The first-order chi connectivity index (χ1) is 19.2. The van der Waals surface area contributed by atoms with Gasteiger partial charge in [-0.15, -0.1) is 93.4 Å². The van der Waals surface area contributed by atoms with Gasteiger partial charge in [-0.25, -0.2) is 0 Å². The first-order valence-electron chi connectivity index (χ1n) is 13.9. The maximum Gasteiger partial charge on any atom is -0.0279 e. The average molecular weight is 701 g/mol. The van der Waals surface area contributed by atoms with E-state index in [0.29, 0.717) is 0 Å². The standard InChI is InChI=1S/C20H19.C17H15.2CH3.2ClH.Si.Zr/c1-2-9-16(10-3-1)19-12-6-11-17-13-18(14-20(17)19)15-7-4-5-8-15;1-12-10-16-13(2)8-9-15(17(16)11-12)14-6-4-3-5-7-14;;;;;;/h1-3,6,9-15H,4-5,7-8H2;3-11H,1-2H3;2*1H3;2*1H;;/q4*-1;;;;. The summed E-state index contributed by atoms with van der Waals surface area (Å²) in [6, 6.07) is 41.9. The van der Waals surface area contributed by atoms with Crippen LogP contribution in [0.25, 0.3) is 43.8 Å². The number of halogens is 2. The summed E-state index contributed by atoms with van der Waals surface area (Å²) >= 11 is 1.36. The summed E-state index contributed by atoms with van der Waals surface area (Å²) in [5.74, 6) is 0.797. The van der Waals surface area contributed by atoms with Gasteiger partial charge in [-0.05, 0) is 29.9 Å². The van der Waals surface area contributed by atoms with Crippen LogP contribution in [0, 0.1) is 28.7 Å². The van der Waals surface area contributed by atoms with Gasteiger partial charge in [-0.3, -0.25) is 0 Å². The van der Waals surface area contributed by atoms with Crippen molar-refractivity contribution in [1.82, 2.24) is 0 Å². The SMILES string of the molecule is Cc1cc2c(-c3ccccc3)ccc(C)c2[cH-]1.Cl.Cl.[CH3-].[CH3-].[Si]=[Zr].c1ccc(-c2cccc3[cH-]c(C4CCCC4)cc23)cc1. The van der Waals surface area contributed by atoms with Gasteiger partial charge in [0.15, 0.2) is 0 Å². The van der Waals surface area contributed by atoms with Crippen LogP contribution in [-0.4, -0.2) is 6.88 Å². The van der Waals surface area contributed by atoms with Crippen molar-refractivity contribution < 1.29 is 23.3 Å². The summed E-state index contributed by atoms with van der Waals surface area (Å²) in [4.78, 5) is 0. The van der Waals surface area contributed by atoms with Gasteiger partial charge in [0.1, 0.15) is 0 Å². The van der Waals surface area contributed by atoms with Crippen LogP contribution in [0.5, 0.6) is 0 Å². The summed E-state index contributed by atoms with van der Waals surface area (Å²) < 4.78 is 0. The fourth-order valence-corrected chi connectivity index (χ4v) is 6.08. The molecule has 7 rings (SSSR count). The fraction of sp³-hybridized carbons (Fsp3) is 0.179. The Morgan fingerprint density at radius 1 is 0.628 bits per heavy atom. The van der Waals surface area contributed by atoms with Gasteiger partial charge in [0.05, 0.1) is 0 Å². The molecule has 0 bridgehead atoms. The molecule has 0 nitrogen and oxygen atoms in total. The van der Waals surface area contributed by atoms with Crippen LogP contribution in [0.4, 0.5) is 0 Å². The Morgan fingerprint density at radius 2 is 1.19 bits per heavy atom. The summed E-state index contributed by atoms with van der Waals surface area (Å²) in [7, 11) is 0. The Hall–Kier alpha value is -2.22. The minimum absolute atomic E-state index is 0. The molecule has 0 spiro atoms. The second kappa shape index (κ2) is 18.6. The Bertz CT molecular complexity index is 1660. The largest absolute Gasteiger partial charge is 0.164 e. The molecule has 0 unspecified atom stereocenters. The molecule has 1 aliphatic carbocycles. The first kappa shape index (κ1) is 38.8. The van der Waals surface area contributed by atoms with Crippen molar-refractivity contribution in [3.63, 3.8) is 0 Å². The zero-order valence-electron chi connectivity index (χ0n) is 25.7. The molecule has 1 saturated carbocycles. The number of hydrogen-bond donors (Lipinski definition) is 0. The molecule has 4 heteroatoms. The van der Waals surface area contributed by atoms with E-state index in [2.05, 4.69) is 136 Å². The molecule has 0 atom stereocenters. The number of aryl methyl sites for hydroxylation is 2. The molecule has 2 radical (unpaired) electrons. The zero-order chi connectivity index (χ0) is 27.2. The van der Waals surface area contributed by atoms with Gasteiger partial charge in [0.25, 0.3) is 0 Å². The molecule has 0 N–H and O–H groups in total. The number of benzene rings is 4. The van der Waals surface area contributed by atoms with E-state index in [1.807, 2.05) is 0 Å². The quantitative estimate of drug-likeness (QED) is 0.127. The van der Waals surface area contributed by atoms with Crippen LogP contribution in [0.1, 0.15) is 48.3 Å². The molecule has 6 aromatic rings. The van der Waals surface area contributed by atoms with Crippen molar-refractivity contribution in [1.29, 1.82) is 0 Å². The Kier molecular flexibility index (Phi) is 16.7. The molecule has 0 aliphatic heterocycles. The van der Waals surface area contributed by atoms with Crippen LogP contribution in [0.3, 0.4) is 0 Å². The fourth-order valence-electron chi connectivity index (χ4n) is 6.08. The minimum atomic E-state index is 0. The third-order valence-electron chi connectivity index (χ3n) is 8.02. The van der Waals surface area contributed by atoms with Crippen molar-refractivity contribution in [3.8, 4) is 22.3 Å². The van der Waals surface area contributed by atoms with E-state index in [9.17, 15) is 0 Å². The average Bonchev–Trinajstić information content (AvgIpc) is 3.75. The van der Waals surface area contributed by atoms with Gasteiger partial charge in [0.2, 0.25) is 0 Å². The second-order valence-electron chi connectivity index (χ2n) is 10.6. The van der Waals surface area contributed by atoms with Crippen LogP contribution < -0.4 is 0 Å². The molecule has 43 heavy (non-hydrogen) atoms. The summed E-state index contributed by atoms with van der Waals surface area (Å²) in [6.07, 6.45) is 5.55. The van der Waals surface area contributed by atoms with E-state index < -0.39 is 0 Å². The third kappa shape index (κ3) is 8.92. The molecule has 224 valence electrons. The smallest absolute Gasteiger partial charge is 0.0279 e. The number of rotatable bonds is 3. The maximum atomic E-state index is 3.06. The molecule has 0 aromatic heterocycles. The van der Waals surface area contributed by atoms with Crippen molar-refractivity contribution >= 4 is 53.2 Å².